The summed E-state index contributed by atoms with van der Waals surface area (Å²) in [4.78, 5) is 20.7. The predicted molar refractivity (Wildman–Crippen MR) is 97.8 cm³/mol. The molecule has 3 aromatic heterocycles. The van der Waals surface area contributed by atoms with Gasteiger partial charge >= 0.3 is 0 Å². The third-order valence-electron chi connectivity index (χ3n) is 3.89. The summed E-state index contributed by atoms with van der Waals surface area (Å²) in [6, 6.07) is 12.5. The zero-order chi connectivity index (χ0) is 18.6. The van der Waals surface area contributed by atoms with Gasteiger partial charge in [0, 0.05) is 18.5 Å². The monoisotopic (exact) mass is 361 g/mol. The summed E-state index contributed by atoms with van der Waals surface area (Å²) in [7, 11) is 1.57. The first-order chi connectivity index (χ1) is 13.2. The normalized spacial score (nSPS) is 10.6. The van der Waals surface area contributed by atoms with E-state index in [4.69, 9.17) is 9.26 Å². The standard InChI is InChI=1S/C19H15N5O3/c1-26-16-5-3-2-4-14(16)17-10-15(23-27-17)19(25)22-13-6-7-18(21-11-13)24-9-8-20-12-24/h2-12H,1H3,(H,22,25). The lowest BCUT2D eigenvalue weighted by Crippen LogP contribution is -2.12. The van der Waals surface area contributed by atoms with Crippen molar-refractivity contribution in [2.45, 2.75) is 0 Å². The van der Waals surface area contributed by atoms with E-state index in [9.17, 15) is 4.79 Å². The molecular formula is C19H15N5O3. The second-order valence-corrected chi connectivity index (χ2v) is 5.61. The molecule has 4 aromatic rings. The predicted octanol–water partition coefficient (Wildman–Crippen LogP) is 3.18. The molecule has 0 radical (unpaired) electrons. The molecule has 8 heteroatoms. The van der Waals surface area contributed by atoms with E-state index >= 15 is 0 Å². The molecule has 0 spiro atoms. The summed E-state index contributed by atoms with van der Waals surface area (Å²) in [6.45, 7) is 0. The van der Waals surface area contributed by atoms with Gasteiger partial charge in [0.15, 0.2) is 11.5 Å². The number of methoxy groups -OCH3 is 1. The Bertz CT molecular complexity index is 1060. The van der Waals surface area contributed by atoms with Crippen LogP contribution in [0, 0.1) is 0 Å². The highest BCUT2D eigenvalue weighted by atomic mass is 16.5. The maximum absolute atomic E-state index is 12.4. The van der Waals surface area contributed by atoms with Crippen LogP contribution in [0.25, 0.3) is 17.1 Å². The molecular weight excluding hydrogens is 346 g/mol. The molecule has 0 saturated carbocycles. The quantitative estimate of drug-likeness (QED) is 0.587. The number of nitrogens with zero attached hydrogens (tertiary/aromatic N) is 4. The van der Waals surface area contributed by atoms with Crippen LogP contribution in [0.4, 0.5) is 5.69 Å². The van der Waals surface area contributed by atoms with E-state index in [1.807, 2.05) is 24.3 Å². The van der Waals surface area contributed by atoms with Gasteiger partial charge in [-0.3, -0.25) is 9.36 Å². The minimum Gasteiger partial charge on any atom is -0.496 e. The maximum Gasteiger partial charge on any atom is 0.277 e. The van der Waals surface area contributed by atoms with Gasteiger partial charge in [0.2, 0.25) is 0 Å². The maximum atomic E-state index is 12.4. The summed E-state index contributed by atoms with van der Waals surface area (Å²) in [5.41, 5.74) is 1.43. The van der Waals surface area contributed by atoms with Crippen LogP contribution in [0.1, 0.15) is 10.5 Å². The lowest BCUT2D eigenvalue weighted by molar-refractivity contribution is 0.101. The van der Waals surface area contributed by atoms with Gasteiger partial charge in [-0.05, 0) is 24.3 Å². The summed E-state index contributed by atoms with van der Waals surface area (Å²) in [5.74, 6) is 1.40. The van der Waals surface area contributed by atoms with Crippen molar-refractivity contribution >= 4 is 11.6 Å². The van der Waals surface area contributed by atoms with Gasteiger partial charge in [0.05, 0.1) is 24.6 Å². The summed E-state index contributed by atoms with van der Waals surface area (Å²) in [6.07, 6.45) is 6.67. The van der Waals surface area contributed by atoms with Gasteiger partial charge in [-0.1, -0.05) is 17.3 Å². The molecule has 0 atom stereocenters. The van der Waals surface area contributed by atoms with Crippen molar-refractivity contribution in [3.63, 3.8) is 0 Å². The number of anilines is 1. The van der Waals surface area contributed by atoms with Crippen molar-refractivity contribution in [3.05, 3.63) is 73.1 Å². The Labute approximate surface area is 154 Å². The average molecular weight is 361 g/mol. The molecule has 27 heavy (non-hydrogen) atoms. The lowest BCUT2D eigenvalue weighted by Gasteiger charge is -2.04. The Hall–Kier alpha value is -3.94. The van der Waals surface area contributed by atoms with Crippen molar-refractivity contribution in [2.24, 2.45) is 0 Å². The van der Waals surface area contributed by atoms with Crippen molar-refractivity contribution in [1.29, 1.82) is 0 Å². The first-order valence-corrected chi connectivity index (χ1v) is 8.10. The van der Waals surface area contributed by atoms with Crippen LogP contribution in [0.5, 0.6) is 5.75 Å². The van der Waals surface area contributed by atoms with Crippen LogP contribution >= 0.6 is 0 Å². The summed E-state index contributed by atoms with van der Waals surface area (Å²) in [5, 5.41) is 6.59. The molecule has 1 aromatic carbocycles. The van der Waals surface area contributed by atoms with Crippen molar-refractivity contribution in [3.8, 4) is 22.9 Å². The number of amides is 1. The number of benzene rings is 1. The molecule has 1 N–H and O–H groups in total. The number of hydrogen-bond acceptors (Lipinski definition) is 6. The van der Waals surface area contributed by atoms with Crippen LogP contribution in [0.15, 0.2) is 71.9 Å². The highest BCUT2D eigenvalue weighted by molar-refractivity contribution is 6.03. The van der Waals surface area contributed by atoms with Crippen LogP contribution in [-0.4, -0.2) is 32.7 Å². The lowest BCUT2D eigenvalue weighted by atomic mass is 10.1. The largest absolute Gasteiger partial charge is 0.496 e. The molecule has 0 unspecified atom stereocenters. The summed E-state index contributed by atoms with van der Waals surface area (Å²) < 4.78 is 12.4. The van der Waals surface area contributed by atoms with E-state index in [0.29, 0.717) is 23.0 Å². The number of hydrogen-bond donors (Lipinski definition) is 1. The third-order valence-corrected chi connectivity index (χ3v) is 3.89. The minimum atomic E-state index is -0.392. The summed E-state index contributed by atoms with van der Waals surface area (Å²) >= 11 is 0. The molecule has 0 fully saturated rings. The number of carbonyl (C=O) groups is 1. The zero-order valence-electron chi connectivity index (χ0n) is 14.4. The fourth-order valence-electron chi connectivity index (χ4n) is 2.56. The number of para-hydroxylation sites is 1. The van der Waals surface area contributed by atoms with Gasteiger partial charge in [-0.15, -0.1) is 0 Å². The molecule has 0 saturated heterocycles. The zero-order valence-corrected chi connectivity index (χ0v) is 14.4. The van der Waals surface area contributed by atoms with Gasteiger partial charge in [0.25, 0.3) is 5.91 Å². The molecule has 3 heterocycles. The first-order valence-electron chi connectivity index (χ1n) is 8.10. The van der Waals surface area contributed by atoms with Crippen molar-refractivity contribution in [1.82, 2.24) is 19.7 Å². The SMILES string of the molecule is COc1ccccc1-c1cc(C(=O)Nc2ccc(-n3ccnc3)nc2)no1. The Morgan fingerprint density at radius 3 is 2.85 bits per heavy atom. The van der Waals surface area contributed by atoms with E-state index in [-0.39, 0.29) is 5.69 Å². The van der Waals surface area contributed by atoms with Crippen LogP contribution < -0.4 is 10.1 Å². The number of aromatic nitrogens is 4. The van der Waals surface area contributed by atoms with E-state index in [2.05, 4.69) is 20.4 Å². The van der Waals surface area contributed by atoms with Gasteiger partial charge in [-0.2, -0.15) is 0 Å². The fourth-order valence-corrected chi connectivity index (χ4v) is 2.56. The van der Waals surface area contributed by atoms with Gasteiger partial charge in [0.1, 0.15) is 17.9 Å². The molecule has 0 aliphatic carbocycles. The number of ether oxygens (including phenoxy) is 1. The molecule has 134 valence electrons. The van der Waals surface area contributed by atoms with E-state index in [0.717, 1.165) is 5.56 Å². The molecule has 4 rings (SSSR count). The van der Waals surface area contributed by atoms with Crippen LogP contribution in [0.2, 0.25) is 0 Å². The fraction of sp³-hybridized carbons (Fsp3) is 0.0526. The van der Waals surface area contributed by atoms with Crippen LogP contribution in [-0.2, 0) is 0 Å². The smallest absolute Gasteiger partial charge is 0.277 e. The second-order valence-electron chi connectivity index (χ2n) is 5.61. The van der Waals surface area contributed by atoms with Gasteiger partial charge in [-0.25, -0.2) is 9.97 Å². The van der Waals surface area contributed by atoms with E-state index in [1.165, 1.54) is 0 Å². The number of carbonyl (C=O) groups excluding carboxylic acids is 1. The van der Waals surface area contributed by atoms with Crippen molar-refractivity contribution in [2.75, 3.05) is 12.4 Å². The van der Waals surface area contributed by atoms with Gasteiger partial charge < -0.3 is 14.6 Å². The van der Waals surface area contributed by atoms with E-state index in [1.54, 1.807) is 54.8 Å². The molecule has 1 amide bonds. The Balaban J connectivity index is 1.50. The topological polar surface area (TPSA) is 95.1 Å². The molecule has 0 bridgehead atoms. The minimum absolute atomic E-state index is 0.162. The second kappa shape index (κ2) is 7.12. The van der Waals surface area contributed by atoms with E-state index < -0.39 is 5.91 Å². The highest BCUT2D eigenvalue weighted by Crippen LogP contribution is 2.30. The Morgan fingerprint density at radius 2 is 2.11 bits per heavy atom. The molecule has 8 nitrogen and oxygen atoms in total. The molecule has 0 aliphatic heterocycles. The highest BCUT2D eigenvalue weighted by Gasteiger charge is 2.16. The van der Waals surface area contributed by atoms with Crippen LogP contribution in [0.3, 0.4) is 0 Å². The number of rotatable bonds is 5. The average Bonchev–Trinajstić information content (AvgIpc) is 3.41. The first kappa shape index (κ1) is 16.5. The third kappa shape index (κ3) is 3.40. The number of pyridine rings is 1. The Morgan fingerprint density at radius 1 is 1.22 bits per heavy atom. The van der Waals surface area contributed by atoms with Crippen molar-refractivity contribution < 1.29 is 14.1 Å². The Kier molecular flexibility index (Phi) is 4.36. The number of imidazole rings is 1. The molecule has 0 aliphatic rings. The number of nitrogens with one attached hydrogen (secondary N) is 1.